The second kappa shape index (κ2) is 7.63. The van der Waals surface area contributed by atoms with Gasteiger partial charge in [0.1, 0.15) is 5.82 Å². The maximum atomic E-state index is 13.5. The van der Waals surface area contributed by atoms with E-state index in [1.54, 1.807) is 11.8 Å². The third-order valence-electron chi connectivity index (χ3n) is 2.29. The number of carbonyl (C=O) groups is 2. The lowest BCUT2D eigenvalue weighted by molar-refractivity contribution is 0.0697. The Balaban J connectivity index is 2.66. The number of benzene rings is 1. The number of para-hydroxylation sites is 1. The van der Waals surface area contributed by atoms with Crippen LogP contribution in [0.4, 0.5) is 14.9 Å². The number of halogens is 1. The molecular formula is C12H15FN2O3S. The third-order valence-corrected chi connectivity index (χ3v) is 2.99. The van der Waals surface area contributed by atoms with Crippen molar-refractivity contribution in [3.05, 3.63) is 29.6 Å². The minimum atomic E-state index is -1.29. The van der Waals surface area contributed by atoms with Gasteiger partial charge in [-0.2, -0.15) is 11.8 Å². The van der Waals surface area contributed by atoms with E-state index >= 15 is 0 Å². The molecule has 0 atom stereocenters. The van der Waals surface area contributed by atoms with Crippen molar-refractivity contribution in [3.63, 3.8) is 0 Å². The average Bonchev–Trinajstić information content (AvgIpc) is 2.37. The van der Waals surface area contributed by atoms with Crippen molar-refractivity contribution in [1.82, 2.24) is 5.32 Å². The van der Waals surface area contributed by atoms with Crippen molar-refractivity contribution >= 4 is 29.4 Å². The van der Waals surface area contributed by atoms with E-state index in [-0.39, 0.29) is 11.3 Å². The van der Waals surface area contributed by atoms with Crippen LogP contribution in [0.3, 0.4) is 0 Å². The zero-order valence-electron chi connectivity index (χ0n) is 10.4. The van der Waals surface area contributed by atoms with E-state index in [0.29, 0.717) is 6.54 Å². The smallest absolute Gasteiger partial charge is 0.337 e. The summed E-state index contributed by atoms with van der Waals surface area (Å²) in [6, 6.07) is 2.99. The van der Waals surface area contributed by atoms with E-state index in [9.17, 15) is 14.0 Å². The highest BCUT2D eigenvalue weighted by Gasteiger charge is 2.16. The Morgan fingerprint density at radius 3 is 2.79 bits per heavy atom. The molecule has 0 unspecified atom stereocenters. The summed E-state index contributed by atoms with van der Waals surface area (Å²) in [5.41, 5.74) is -0.600. The fraction of sp³-hybridized carbons (Fsp3) is 0.333. The van der Waals surface area contributed by atoms with Gasteiger partial charge in [0.25, 0.3) is 0 Å². The zero-order chi connectivity index (χ0) is 14.3. The monoisotopic (exact) mass is 286 g/mol. The number of rotatable bonds is 6. The lowest BCUT2D eigenvalue weighted by Gasteiger charge is -2.10. The molecule has 0 saturated carbocycles. The van der Waals surface area contributed by atoms with Crippen LogP contribution in [0.25, 0.3) is 0 Å². The van der Waals surface area contributed by atoms with Gasteiger partial charge in [0.2, 0.25) is 0 Å². The Hall–Kier alpha value is -1.76. The summed E-state index contributed by atoms with van der Waals surface area (Å²) in [7, 11) is 0. The fourth-order valence-corrected chi connectivity index (χ4v) is 1.84. The van der Waals surface area contributed by atoms with Crippen molar-refractivity contribution in [2.45, 2.75) is 6.42 Å². The number of amides is 2. The molecule has 5 nitrogen and oxygen atoms in total. The molecule has 104 valence electrons. The zero-order valence-corrected chi connectivity index (χ0v) is 11.2. The average molecular weight is 286 g/mol. The predicted octanol–water partition coefficient (Wildman–Crippen LogP) is 2.40. The normalized spacial score (nSPS) is 10.0. The van der Waals surface area contributed by atoms with Gasteiger partial charge in [-0.25, -0.2) is 14.0 Å². The van der Waals surface area contributed by atoms with E-state index in [0.717, 1.165) is 18.2 Å². The number of thioether (sulfide) groups is 1. The lowest BCUT2D eigenvalue weighted by Crippen LogP contribution is -2.30. The molecule has 0 spiro atoms. The highest BCUT2D eigenvalue weighted by Crippen LogP contribution is 2.19. The number of nitrogens with one attached hydrogen (secondary N) is 2. The van der Waals surface area contributed by atoms with E-state index in [2.05, 4.69) is 10.6 Å². The topological polar surface area (TPSA) is 78.4 Å². The van der Waals surface area contributed by atoms with Crippen LogP contribution in [0.15, 0.2) is 18.2 Å². The highest BCUT2D eigenvalue weighted by atomic mass is 32.2. The maximum absolute atomic E-state index is 13.5. The molecule has 1 aromatic carbocycles. The van der Waals surface area contributed by atoms with Crippen LogP contribution >= 0.6 is 11.8 Å². The summed E-state index contributed by atoms with van der Waals surface area (Å²) in [6.07, 6.45) is 2.75. The SMILES string of the molecule is CSCCCNC(=O)Nc1c(F)cccc1C(=O)O. The van der Waals surface area contributed by atoms with Gasteiger partial charge < -0.3 is 15.7 Å². The molecule has 1 rings (SSSR count). The van der Waals surface area contributed by atoms with Gasteiger partial charge in [-0.15, -0.1) is 0 Å². The van der Waals surface area contributed by atoms with Crippen molar-refractivity contribution in [1.29, 1.82) is 0 Å². The Morgan fingerprint density at radius 2 is 2.16 bits per heavy atom. The van der Waals surface area contributed by atoms with Crippen LogP contribution in [-0.2, 0) is 0 Å². The number of carbonyl (C=O) groups excluding carboxylic acids is 1. The maximum Gasteiger partial charge on any atom is 0.337 e. The molecule has 0 aliphatic carbocycles. The number of hydrogen-bond donors (Lipinski definition) is 3. The van der Waals surface area contributed by atoms with Gasteiger partial charge >= 0.3 is 12.0 Å². The van der Waals surface area contributed by atoms with Gasteiger partial charge in [-0.3, -0.25) is 0 Å². The number of anilines is 1. The minimum Gasteiger partial charge on any atom is -0.478 e. The van der Waals surface area contributed by atoms with E-state index < -0.39 is 17.8 Å². The first-order valence-corrected chi connectivity index (χ1v) is 7.01. The molecule has 0 fully saturated rings. The first-order valence-electron chi connectivity index (χ1n) is 5.62. The minimum absolute atomic E-state index is 0.278. The molecule has 19 heavy (non-hydrogen) atoms. The molecule has 7 heteroatoms. The quantitative estimate of drug-likeness (QED) is 0.702. The largest absolute Gasteiger partial charge is 0.478 e. The summed E-state index contributed by atoms with van der Waals surface area (Å²) in [4.78, 5) is 22.4. The van der Waals surface area contributed by atoms with Gasteiger partial charge in [0, 0.05) is 6.54 Å². The first-order chi connectivity index (χ1) is 9.06. The standard InChI is InChI=1S/C12H15FN2O3S/c1-19-7-3-6-14-12(18)15-10-8(11(16)17)4-2-5-9(10)13/h2,4-5H,3,6-7H2,1H3,(H,16,17)(H2,14,15,18). The van der Waals surface area contributed by atoms with Gasteiger partial charge in [0.05, 0.1) is 11.3 Å². The number of carboxylic acids is 1. The Bertz CT molecular complexity index is 468. The van der Waals surface area contributed by atoms with Crippen molar-refractivity contribution in [3.8, 4) is 0 Å². The number of hydrogen-bond acceptors (Lipinski definition) is 3. The van der Waals surface area contributed by atoms with Crippen molar-refractivity contribution in [2.24, 2.45) is 0 Å². The summed E-state index contributed by atoms with van der Waals surface area (Å²) in [5, 5.41) is 13.7. The number of carboxylic acid groups (broad SMARTS) is 1. The van der Waals surface area contributed by atoms with Crippen LogP contribution in [-0.4, -0.2) is 35.7 Å². The summed E-state index contributed by atoms with van der Waals surface area (Å²) in [5.74, 6) is -1.17. The van der Waals surface area contributed by atoms with E-state index in [4.69, 9.17) is 5.11 Å². The molecule has 1 aromatic rings. The molecule has 0 radical (unpaired) electrons. The summed E-state index contributed by atoms with van der Waals surface area (Å²) in [6.45, 7) is 0.448. The molecule has 2 amide bonds. The fourth-order valence-electron chi connectivity index (χ4n) is 1.41. The Morgan fingerprint density at radius 1 is 1.42 bits per heavy atom. The van der Waals surface area contributed by atoms with Crippen LogP contribution in [0.1, 0.15) is 16.8 Å². The highest BCUT2D eigenvalue weighted by molar-refractivity contribution is 7.98. The molecule has 0 aromatic heterocycles. The van der Waals surface area contributed by atoms with Gasteiger partial charge in [-0.05, 0) is 30.6 Å². The Kier molecular flexibility index (Phi) is 6.14. The molecule has 0 bridgehead atoms. The van der Waals surface area contributed by atoms with Crippen LogP contribution in [0.5, 0.6) is 0 Å². The lowest BCUT2D eigenvalue weighted by atomic mass is 10.1. The Labute approximate surface area is 114 Å². The third kappa shape index (κ3) is 4.78. The molecule has 0 aliphatic heterocycles. The molecule has 0 saturated heterocycles. The first kappa shape index (κ1) is 15.3. The summed E-state index contributed by atoms with van der Waals surface area (Å²) >= 11 is 1.66. The van der Waals surface area contributed by atoms with E-state index in [1.165, 1.54) is 12.1 Å². The summed E-state index contributed by atoms with van der Waals surface area (Å²) < 4.78 is 13.5. The van der Waals surface area contributed by atoms with Crippen LogP contribution < -0.4 is 10.6 Å². The molecule has 0 heterocycles. The van der Waals surface area contributed by atoms with Crippen LogP contribution in [0.2, 0.25) is 0 Å². The van der Waals surface area contributed by atoms with Gasteiger partial charge in [-0.1, -0.05) is 6.07 Å². The van der Waals surface area contributed by atoms with Gasteiger partial charge in [0.15, 0.2) is 0 Å². The van der Waals surface area contributed by atoms with Crippen molar-refractivity contribution < 1.29 is 19.1 Å². The van der Waals surface area contributed by atoms with Crippen LogP contribution in [0, 0.1) is 5.82 Å². The molecular weight excluding hydrogens is 271 g/mol. The second-order valence-electron chi connectivity index (χ2n) is 3.69. The molecule has 0 aliphatic rings. The van der Waals surface area contributed by atoms with E-state index in [1.807, 2.05) is 6.26 Å². The second-order valence-corrected chi connectivity index (χ2v) is 4.68. The molecule has 3 N–H and O–H groups in total. The number of aromatic carboxylic acids is 1. The van der Waals surface area contributed by atoms with Crippen molar-refractivity contribution in [2.75, 3.05) is 23.9 Å². The predicted molar refractivity (Wildman–Crippen MR) is 73.4 cm³/mol. The number of urea groups is 1.